The molecule has 1 rings (SSSR count). The Morgan fingerprint density at radius 3 is 2.69 bits per heavy atom. The lowest BCUT2D eigenvalue weighted by atomic mass is 9.83. The molecule has 1 saturated carbocycles. The first kappa shape index (κ1) is 13.5. The van der Waals surface area contributed by atoms with Crippen molar-refractivity contribution in [3.05, 3.63) is 0 Å². The molecule has 1 amide bonds. The SMILES string of the molecule is CCNC(=O)CCOCC1(N)CCCCC1. The second-order valence-corrected chi connectivity index (χ2v) is 4.68. The zero-order chi connectivity index (χ0) is 11.9. The second kappa shape index (κ2) is 6.86. The van der Waals surface area contributed by atoms with E-state index in [0.29, 0.717) is 26.2 Å². The fourth-order valence-corrected chi connectivity index (χ4v) is 2.13. The highest BCUT2D eigenvalue weighted by Gasteiger charge is 2.27. The molecule has 0 bridgehead atoms. The van der Waals surface area contributed by atoms with Gasteiger partial charge in [-0.25, -0.2) is 0 Å². The fourth-order valence-electron chi connectivity index (χ4n) is 2.13. The van der Waals surface area contributed by atoms with Crippen molar-refractivity contribution in [1.29, 1.82) is 0 Å². The summed E-state index contributed by atoms with van der Waals surface area (Å²) in [6, 6.07) is 0. The largest absolute Gasteiger partial charge is 0.379 e. The maximum absolute atomic E-state index is 11.2. The third-order valence-electron chi connectivity index (χ3n) is 3.09. The van der Waals surface area contributed by atoms with Gasteiger partial charge in [0.1, 0.15) is 0 Å². The number of nitrogens with two attached hydrogens (primary N) is 1. The number of amides is 1. The summed E-state index contributed by atoms with van der Waals surface area (Å²) < 4.78 is 5.51. The summed E-state index contributed by atoms with van der Waals surface area (Å²) in [6.07, 6.45) is 6.23. The van der Waals surface area contributed by atoms with Gasteiger partial charge in [0.05, 0.1) is 13.2 Å². The van der Waals surface area contributed by atoms with E-state index in [-0.39, 0.29) is 11.4 Å². The zero-order valence-corrected chi connectivity index (χ0v) is 10.3. The lowest BCUT2D eigenvalue weighted by molar-refractivity contribution is -0.122. The molecular weight excluding hydrogens is 204 g/mol. The maximum atomic E-state index is 11.2. The van der Waals surface area contributed by atoms with Crippen molar-refractivity contribution in [2.24, 2.45) is 5.73 Å². The first-order valence-corrected chi connectivity index (χ1v) is 6.30. The average Bonchev–Trinajstić information content (AvgIpc) is 2.26. The molecule has 16 heavy (non-hydrogen) atoms. The van der Waals surface area contributed by atoms with Crippen molar-refractivity contribution < 1.29 is 9.53 Å². The Morgan fingerprint density at radius 2 is 2.06 bits per heavy atom. The Balaban J connectivity index is 2.07. The molecule has 94 valence electrons. The predicted molar refractivity (Wildman–Crippen MR) is 64.1 cm³/mol. The van der Waals surface area contributed by atoms with Gasteiger partial charge in [-0.05, 0) is 19.8 Å². The summed E-state index contributed by atoms with van der Waals surface area (Å²) >= 11 is 0. The highest BCUT2D eigenvalue weighted by molar-refractivity contribution is 5.75. The van der Waals surface area contributed by atoms with E-state index in [1.807, 2.05) is 6.92 Å². The van der Waals surface area contributed by atoms with Crippen LogP contribution in [0, 0.1) is 0 Å². The van der Waals surface area contributed by atoms with Crippen molar-refractivity contribution in [2.45, 2.75) is 51.0 Å². The molecule has 3 N–H and O–H groups in total. The summed E-state index contributed by atoms with van der Waals surface area (Å²) in [5.74, 6) is 0.0530. The lowest BCUT2D eigenvalue weighted by Gasteiger charge is -2.32. The van der Waals surface area contributed by atoms with Gasteiger partial charge in [-0.1, -0.05) is 19.3 Å². The first-order chi connectivity index (χ1) is 7.66. The van der Waals surface area contributed by atoms with Crippen LogP contribution in [0.3, 0.4) is 0 Å². The van der Waals surface area contributed by atoms with Gasteiger partial charge in [0.2, 0.25) is 5.91 Å². The van der Waals surface area contributed by atoms with Crippen LogP contribution in [-0.2, 0) is 9.53 Å². The Labute approximate surface area is 97.9 Å². The maximum Gasteiger partial charge on any atom is 0.222 e. The minimum Gasteiger partial charge on any atom is -0.379 e. The third-order valence-corrected chi connectivity index (χ3v) is 3.09. The van der Waals surface area contributed by atoms with E-state index in [2.05, 4.69) is 5.32 Å². The van der Waals surface area contributed by atoms with Crippen LogP contribution >= 0.6 is 0 Å². The second-order valence-electron chi connectivity index (χ2n) is 4.68. The molecule has 4 nitrogen and oxygen atoms in total. The first-order valence-electron chi connectivity index (χ1n) is 6.30. The van der Waals surface area contributed by atoms with E-state index in [1.54, 1.807) is 0 Å². The van der Waals surface area contributed by atoms with Gasteiger partial charge in [-0.3, -0.25) is 4.79 Å². The number of rotatable bonds is 6. The van der Waals surface area contributed by atoms with Crippen LogP contribution in [0.1, 0.15) is 45.4 Å². The Morgan fingerprint density at radius 1 is 1.38 bits per heavy atom. The smallest absolute Gasteiger partial charge is 0.222 e. The molecule has 1 fully saturated rings. The van der Waals surface area contributed by atoms with Gasteiger partial charge < -0.3 is 15.8 Å². The topological polar surface area (TPSA) is 64.3 Å². The van der Waals surface area contributed by atoms with Crippen molar-refractivity contribution in [3.63, 3.8) is 0 Å². The van der Waals surface area contributed by atoms with E-state index in [0.717, 1.165) is 12.8 Å². The molecule has 0 aromatic rings. The standard InChI is InChI=1S/C12H24N2O2/c1-2-14-11(15)6-9-16-10-12(13)7-4-3-5-8-12/h2-10,13H2,1H3,(H,14,15). The van der Waals surface area contributed by atoms with Gasteiger partial charge in [-0.2, -0.15) is 0 Å². The summed E-state index contributed by atoms with van der Waals surface area (Å²) in [5, 5.41) is 2.74. The molecule has 0 unspecified atom stereocenters. The van der Waals surface area contributed by atoms with E-state index in [4.69, 9.17) is 10.5 Å². The van der Waals surface area contributed by atoms with Crippen LogP contribution in [0.2, 0.25) is 0 Å². The van der Waals surface area contributed by atoms with Gasteiger partial charge in [0.15, 0.2) is 0 Å². The van der Waals surface area contributed by atoms with Crippen LogP contribution in [0.4, 0.5) is 0 Å². The van der Waals surface area contributed by atoms with Crippen LogP contribution in [0.5, 0.6) is 0 Å². The minimum atomic E-state index is -0.139. The van der Waals surface area contributed by atoms with Crippen LogP contribution in [0.25, 0.3) is 0 Å². The zero-order valence-electron chi connectivity index (χ0n) is 10.3. The van der Waals surface area contributed by atoms with Crippen LogP contribution < -0.4 is 11.1 Å². The molecular formula is C12H24N2O2. The van der Waals surface area contributed by atoms with E-state index in [9.17, 15) is 4.79 Å². The van der Waals surface area contributed by atoms with Crippen molar-refractivity contribution >= 4 is 5.91 Å². The normalized spacial score (nSPS) is 19.4. The highest BCUT2D eigenvalue weighted by Crippen LogP contribution is 2.25. The van der Waals surface area contributed by atoms with Crippen molar-refractivity contribution in [2.75, 3.05) is 19.8 Å². The third kappa shape index (κ3) is 4.94. The van der Waals surface area contributed by atoms with Gasteiger partial charge in [0.25, 0.3) is 0 Å². The molecule has 1 aliphatic carbocycles. The molecule has 0 aliphatic heterocycles. The molecule has 0 heterocycles. The molecule has 4 heteroatoms. The summed E-state index contributed by atoms with van der Waals surface area (Å²) in [4.78, 5) is 11.2. The molecule has 0 aromatic heterocycles. The number of nitrogens with one attached hydrogen (secondary N) is 1. The number of carbonyl (C=O) groups excluding carboxylic acids is 1. The van der Waals surface area contributed by atoms with Crippen molar-refractivity contribution in [1.82, 2.24) is 5.32 Å². The van der Waals surface area contributed by atoms with Gasteiger partial charge in [-0.15, -0.1) is 0 Å². The molecule has 1 aliphatic rings. The Hall–Kier alpha value is -0.610. The molecule has 0 spiro atoms. The summed E-state index contributed by atoms with van der Waals surface area (Å²) in [6.45, 7) is 3.66. The molecule has 0 atom stereocenters. The summed E-state index contributed by atoms with van der Waals surface area (Å²) in [5.41, 5.74) is 6.07. The number of hydrogen-bond donors (Lipinski definition) is 2. The quantitative estimate of drug-likeness (QED) is 0.671. The molecule has 0 aromatic carbocycles. The predicted octanol–water partition coefficient (Wildman–Crippen LogP) is 1.19. The minimum absolute atomic E-state index is 0.0530. The van der Waals surface area contributed by atoms with E-state index < -0.39 is 0 Å². The lowest BCUT2D eigenvalue weighted by Crippen LogP contribution is -2.46. The van der Waals surface area contributed by atoms with Crippen LogP contribution in [-0.4, -0.2) is 31.2 Å². The van der Waals surface area contributed by atoms with E-state index in [1.165, 1.54) is 19.3 Å². The summed E-state index contributed by atoms with van der Waals surface area (Å²) in [7, 11) is 0. The molecule has 0 saturated heterocycles. The Kier molecular flexibility index (Phi) is 5.77. The molecule has 0 radical (unpaired) electrons. The number of ether oxygens (including phenoxy) is 1. The van der Waals surface area contributed by atoms with E-state index >= 15 is 0 Å². The van der Waals surface area contributed by atoms with Crippen LogP contribution in [0.15, 0.2) is 0 Å². The Bertz CT molecular complexity index is 213. The van der Waals surface area contributed by atoms with Crippen molar-refractivity contribution in [3.8, 4) is 0 Å². The average molecular weight is 228 g/mol. The number of carbonyl (C=O) groups is 1. The number of hydrogen-bond acceptors (Lipinski definition) is 3. The van der Waals surface area contributed by atoms with Gasteiger partial charge in [0, 0.05) is 18.5 Å². The monoisotopic (exact) mass is 228 g/mol. The highest BCUT2D eigenvalue weighted by atomic mass is 16.5. The van der Waals surface area contributed by atoms with Gasteiger partial charge >= 0.3 is 0 Å². The fraction of sp³-hybridized carbons (Fsp3) is 0.917.